The molecule has 0 radical (unpaired) electrons. The van der Waals surface area contributed by atoms with E-state index >= 15 is 0 Å². The molecule has 0 atom stereocenters. The van der Waals surface area contributed by atoms with Gasteiger partial charge in [0.1, 0.15) is 0 Å². The molecule has 1 aliphatic heterocycles. The zero-order valence-electron chi connectivity index (χ0n) is 13.9. The third-order valence-corrected chi connectivity index (χ3v) is 5.27. The number of carbonyl (C=O) groups is 3. The molecule has 2 aromatic rings. The third-order valence-electron chi connectivity index (χ3n) is 3.78. The van der Waals surface area contributed by atoms with E-state index in [0.717, 1.165) is 22.2 Å². The van der Waals surface area contributed by atoms with Gasteiger partial charge in [-0.05, 0) is 47.7 Å². The average Bonchev–Trinajstić information content (AvgIpc) is 2.91. The van der Waals surface area contributed by atoms with Crippen LogP contribution in [0.15, 0.2) is 53.4 Å². The molecule has 1 N–H and O–H groups in total. The number of hydrogen-bond donors (Lipinski definition) is 1. The van der Waals surface area contributed by atoms with Crippen molar-refractivity contribution in [1.29, 1.82) is 0 Å². The van der Waals surface area contributed by atoms with Crippen LogP contribution in [0.1, 0.15) is 15.9 Å². The smallest absolute Gasteiger partial charge is 0.293 e. The van der Waals surface area contributed by atoms with E-state index in [1.165, 1.54) is 0 Å². The Balaban J connectivity index is 1.60. The molecule has 0 unspecified atom stereocenters. The summed E-state index contributed by atoms with van der Waals surface area (Å²) in [6.07, 6.45) is 1.64. The second kappa shape index (κ2) is 8.61. The van der Waals surface area contributed by atoms with E-state index in [-0.39, 0.29) is 30.1 Å². The highest BCUT2D eigenvalue weighted by atomic mass is 35.5. The van der Waals surface area contributed by atoms with Gasteiger partial charge in [-0.3, -0.25) is 19.3 Å². The summed E-state index contributed by atoms with van der Waals surface area (Å²) in [6.45, 7) is 0.217. The van der Waals surface area contributed by atoms with E-state index in [0.29, 0.717) is 20.5 Å². The number of imide groups is 1. The van der Waals surface area contributed by atoms with Crippen molar-refractivity contribution in [3.8, 4) is 0 Å². The molecule has 8 heteroatoms. The van der Waals surface area contributed by atoms with Crippen LogP contribution in [0.3, 0.4) is 0 Å². The van der Waals surface area contributed by atoms with Crippen molar-refractivity contribution in [3.05, 3.63) is 74.6 Å². The molecule has 1 fully saturated rings. The van der Waals surface area contributed by atoms with Crippen LogP contribution in [0.5, 0.6) is 0 Å². The molecule has 3 rings (SSSR count). The highest BCUT2D eigenvalue weighted by Crippen LogP contribution is 2.32. The van der Waals surface area contributed by atoms with E-state index in [2.05, 4.69) is 5.32 Å². The molecule has 138 valence electrons. The predicted octanol–water partition coefficient (Wildman–Crippen LogP) is 4.46. The molecule has 5 nitrogen and oxygen atoms in total. The van der Waals surface area contributed by atoms with Crippen molar-refractivity contribution in [1.82, 2.24) is 10.2 Å². The first kappa shape index (κ1) is 19.5. The molecule has 2 aromatic carbocycles. The van der Waals surface area contributed by atoms with Gasteiger partial charge in [0.2, 0.25) is 0 Å². The SMILES string of the molecule is O=C(NCCN1C(=O)S/C(=C\c2ccc(Cl)cc2)C1=O)c1ccccc1Cl. The van der Waals surface area contributed by atoms with Crippen molar-refractivity contribution >= 4 is 58.1 Å². The highest BCUT2D eigenvalue weighted by Gasteiger charge is 2.34. The molecular formula is C19H14Cl2N2O3S. The number of rotatable bonds is 5. The van der Waals surface area contributed by atoms with E-state index < -0.39 is 0 Å². The first-order valence-electron chi connectivity index (χ1n) is 7.99. The normalized spacial score (nSPS) is 15.5. The fraction of sp³-hybridized carbons (Fsp3) is 0.105. The highest BCUT2D eigenvalue weighted by molar-refractivity contribution is 8.18. The van der Waals surface area contributed by atoms with Gasteiger partial charge in [-0.15, -0.1) is 0 Å². The molecule has 0 aromatic heterocycles. The minimum absolute atomic E-state index is 0.0822. The summed E-state index contributed by atoms with van der Waals surface area (Å²) in [7, 11) is 0. The van der Waals surface area contributed by atoms with Crippen LogP contribution in [-0.4, -0.2) is 35.0 Å². The maximum absolute atomic E-state index is 12.4. The second-order valence-electron chi connectivity index (χ2n) is 5.62. The largest absolute Gasteiger partial charge is 0.350 e. The second-order valence-corrected chi connectivity index (χ2v) is 7.46. The number of hydrogen-bond acceptors (Lipinski definition) is 4. The summed E-state index contributed by atoms with van der Waals surface area (Å²) < 4.78 is 0. The third kappa shape index (κ3) is 4.71. The van der Waals surface area contributed by atoms with E-state index in [1.54, 1.807) is 54.6 Å². The topological polar surface area (TPSA) is 66.5 Å². The molecule has 0 bridgehead atoms. The molecular weight excluding hydrogens is 407 g/mol. The molecule has 1 saturated heterocycles. The first-order chi connectivity index (χ1) is 13.0. The zero-order chi connectivity index (χ0) is 19.4. The lowest BCUT2D eigenvalue weighted by molar-refractivity contribution is -0.122. The van der Waals surface area contributed by atoms with Crippen LogP contribution >= 0.6 is 35.0 Å². The Kier molecular flexibility index (Phi) is 6.21. The molecule has 27 heavy (non-hydrogen) atoms. The van der Waals surface area contributed by atoms with Gasteiger partial charge in [0.05, 0.1) is 15.5 Å². The minimum atomic E-state index is -0.382. The summed E-state index contributed by atoms with van der Waals surface area (Å²) in [5.74, 6) is -0.740. The van der Waals surface area contributed by atoms with Gasteiger partial charge >= 0.3 is 0 Å². The summed E-state index contributed by atoms with van der Waals surface area (Å²) in [5.41, 5.74) is 1.12. The van der Waals surface area contributed by atoms with Gasteiger partial charge in [0, 0.05) is 18.1 Å². The van der Waals surface area contributed by atoms with Gasteiger partial charge < -0.3 is 5.32 Å². The standard InChI is InChI=1S/C19H14Cl2N2O3S/c20-13-7-5-12(6-8-13)11-16-18(25)23(19(26)27-16)10-9-22-17(24)14-3-1-2-4-15(14)21/h1-8,11H,9-10H2,(H,22,24)/b16-11-. The zero-order valence-corrected chi connectivity index (χ0v) is 16.3. The minimum Gasteiger partial charge on any atom is -0.350 e. The maximum atomic E-state index is 12.4. The van der Waals surface area contributed by atoms with Gasteiger partial charge in [0.25, 0.3) is 17.1 Å². The maximum Gasteiger partial charge on any atom is 0.293 e. The number of halogens is 2. The van der Waals surface area contributed by atoms with Crippen molar-refractivity contribution in [3.63, 3.8) is 0 Å². The molecule has 0 spiro atoms. The quantitative estimate of drug-likeness (QED) is 0.724. The summed E-state index contributed by atoms with van der Waals surface area (Å²) >= 11 is 12.7. The van der Waals surface area contributed by atoms with E-state index in [4.69, 9.17) is 23.2 Å². The van der Waals surface area contributed by atoms with Crippen LogP contribution in [0.2, 0.25) is 10.0 Å². The number of amides is 3. The average molecular weight is 421 g/mol. The Morgan fingerprint density at radius 3 is 2.48 bits per heavy atom. The van der Waals surface area contributed by atoms with Crippen LogP contribution in [0.4, 0.5) is 4.79 Å². The Bertz CT molecular complexity index is 929. The van der Waals surface area contributed by atoms with Crippen molar-refractivity contribution in [2.45, 2.75) is 0 Å². The lowest BCUT2D eigenvalue weighted by Crippen LogP contribution is -2.37. The van der Waals surface area contributed by atoms with Crippen LogP contribution in [0, 0.1) is 0 Å². The van der Waals surface area contributed by atoms with Gasteiger partial charge in [-0.2, -0.15) is 0 Å². The summed E-state index contributed by atoms with van der Waals surface area (Å²) in [5, 5.41) is 3.23. The molecule has 3 amide bonds. The summed E-state index contributed by atoms with van der Waals surface area (Å²) in [6, 6.07) is 13.6. The Morgan fingerprint density at radius 2 is 1.78 bits per heavy atom. The van der Waals surface area contributed by atoms with Crippen molar-refractivity contribution in [2.75, 3.05) is 13.1 Å². The molecule has 1 heterocycles. The molecule has 0 aliphatic carbocycles. The lowest BCUT2D eigenvalue weighted by Gasteiger charge is -2.13. The number of thioether (sulfide) groups is 1. The van der Waals surface area contributed by atoms with Gasteiger partial charge in [-0.25, -0.2) is 0 Å². The number of carbonyl (C=O) groups excluding carboxylic acids is 3. The fourth-order valence-electron chi connectivity index (χ4n) is 2.42. The molecule has 0 saturated carbocycles. The lowest BCUT2D eigenvalue weighted by atomic mass is 10.2. The van der Waals surface area contributed by atoms with Gasteiger partial charge in [0.15, 0.2) is 0 Å². The van der Waals surface area contributed by atoms with E-state index in [1.807, 2.05) is 0 Å². The fourth-order valence-corrected chi connectivity index (χ4v) is 3.64. The number of nitrogens with zero attached hydrogens (tertiary/aromatic N) is 1. The number of benzene rings is 2. The van der Waals surface area contributed by atoms with Crippen LogP contribution in [-0.2, 0) is 4.79 Å². The van der Waals surface area contributed by atoms with Gasteiger partial charge in [-0.1, -0.05) is 47.5 Å². The Hall–Kier alpha value is -2.28. The molecule has 1 aliphatic rings. The summed E-state index contributed by atoms with van der Waals surface area (Å²) in [4.78, 5) is 38.1. The Labute approximate surface area is 170 Å². The van der Waals surface area contributed by atoms with E-state index in [9.17, 15) is 14.4 Å². The van der Waals surface area contributed by atoms with Crippen molar-refractivity contribution in [2.24, 2.45) is 0 Å². The number of nitrogens with one attached hydrogen (secondary N) is 1. The Morgan fingerprint density at radius 1 is 1.07 bits per heavy atom. The van der Waals surface area contributed by atoms with Crippen LogP contribution in [0.25, 0.3) is 6.08 Å². The van der Waals surface area contributed by atoms with Crippen molar-refractivity contribution < 1.29 is 14.4 Å². The monoisotopic (exact) mass is 420 g/mol. The predicted molar refractivity (Wildman–Crippen MR) is 108 cm³/mol. The first-order valence-corrected chi connectivity index (χ1v) is 9.56. The van der Waals surface area contributed by atoms with Crippen LogP contribution < -0.4 is 5.32 Å².